The molecule has 1 fully saturated rings. The predicted octanol–water partition coefficient (Wildman–Crippen LogP) is 6.00. The maximum atomic E-state index is 13.1. The maximum absolute atomic E-state index is 13.1. The van der Waals surface area contributed by atoms with Crippen LogP contribution in [-0.2, 0) is 9.59 Å². The van der Waals surface area contributed by atoms with Crippen LogP contribution in [0.5, 0.6) is 0 Å². The summed E-state index contributed by atoms with van der Waals surface area (Å²) < 4.78 is 0. The second kappa shape index (κ2) is 8.11. The van der Waals surface area contributed by atoms with Crippen LogP contribution in [0.2, 0.25) is 10.0 Å². The Bertz CT molecular complexity index is 1230. The van der Waals surface area contributed by atoms with Gasteiger partial charge in [0, 0.05) is 10.4 Å². The van der Waals surface area contributed by atoms with Crippen LogP contribution in [0.25, 0.3) is 5.76 Å². The lowest BCUT2D eigenvalue weighted by Gasteiger charge is -2.23. The first-order valence-corrected chi connectivity index (χ1v) is 11.0. The molecule has 0 unspecified atom stereocenters. The maximum Gasteiger partial charge on any atom is 0.301 e. The third-order valence-electron chi connectivity index (χ3n) is 5.25. The van der Waals surface area contributed by atoms with Crippen LogP contribution >= 0.6 is 34.5 Å². The second-order valence-corrected chi connectivity index (χ2v) is 9.34. The molecule has 0 bridgehead atoms. The smallest absolute Gasteiger partial charge is 0.301 e. The molecule has 1 aromatic heterocycles. The molecule has 1 N–H and O–H groups in total. The minimum atomic E-state index is -0.888. The van der Waals surface area contributed by atoms with Gasteiger partial charge in [-0.15, -0.1) is 11.3 Å². The number of ketones is 1. The Kier molecular flexibility index (Phi) is 5.64. The Morgan fingerprint density at radius 1 is 1.03 bits per heavy atom. The predicted molar refractivity (Wildman–Crippen MR) is 124 cm³/mol. The number of halogens is 2. The second-order valence-electron chi connectivity index (χ2n) is 7.35. The number of aliphatic hydroxyl groups excluding tert-OH is 1. The van der Waals surface area contributed by atoms with E-state index in [4.69, 9.17) is 23.2 Å². The quantitative estimate of drug-likeness (QED) is 0.288. The Morgan fingerprint density at radius 2 is 1.71 bits per heavy atom. The lowest BCUT2D eigenvalue weighted by atomic mass is 9.95. The van der Waals surface area contributed by atoms with Gasteiger partial charge in [-0.25, -0.2) is 4.98 Å². The summed E-state index contributed by atoms with van der Waals surface area (Å²) in [7, 11) is 0. The summed E-state index contributed by atoms with van der Waals surface area (Å²) in [6.45, 7) is 5.66. The average Bonchev–Trinajstić information content (AvgIpc) is 3.20. The number of Topliss-reactive ketones (excluding diaryl/α,β-unsaturated/α-hetero) is 1. The standard InChI is InChI=1S/C23H18Cl2N2O3S/c1-11-4-6-14(7-5-11)20(28)18-19(15-8-9-16(24)17(25)10-15)27(22(30)21(18)29)23-26-12(2)13(3)31-23/h4-10,19,28H,1-3H3/t19-/m0/s1. The van der Waals surface area contributed by atoms with Crippen molar-refractivity contribution in [3.8, 4) is 0 Å². The molecule has 0 radical (unpaired) electrons. The minimum absolute atomic E-state index is 0.0160. The van der Waals surface area contributed by atoms with E-state index < -0.39 is 17.7 Å². The first-order chi connectivity index (χ1) is 14.7. The summed E-state index contributed by atoms with van der Waals surface area (Å²) >= 11 is 13.6. The summed E-state index contributed by atoms with van der Waals surface area (Å²) in [5.74, 6) is -1.78. The summed E-state index contributed by atoms with van der Waals surface area (Å²) in [5, 5.41) is 12.1. The van der Waals surface area contributed by atoms with Gasteiger partial charge in [0.2, 0.25) is 0 Å². The summed E-state index contributed by atoms with van der Waals surface area (Å²) in [5.41, 5.74) is 2.76. The molecule has 0 spiro atoms. The zero-order valence-electron chi connectivity index (χ0n) is 16.9. The molecule has 4 rings (SSSR count). The van der Waals surface area contributed by atoms with Gasteiger partial charge in [0.05, 0.1) is 27.4 Å². The lowest BCUT2D eigenvalue weighted by molar-refractivity contribution is -0.132. The highest BCUT2D eigenvalue weighted by Gasteiger charge is 2.48. The van der Waals surface area contributed by atoms with E-state index in [1.807, 2.05) is 32.9 Å². The molecule has 0 aliphatic carbocycles. The van der Waals surface area contributed by atoms with Crippen molar-refractivity contribution in [1.82, 2.24) is 4.98 Å². The fourth-order valence-corrected chi connectivity index (χ4v) is 4.70. The molecule has 1 saturated heterocycles. The molecule has 1 amide bonds. The fraction of sp³-hybridized carbons (Fsp3) is 0.174. The van der Waals surface area contributed by atoms with Crippen LogP contribution < -0.4 is 4.90 Å². The van der Waals surface area contributed by atoms with Crippen LogP contribution in [0.1, 0.15) is 33.3 Å². The topological polar surface area (TPSA) is 70.5 Å². The molecule has 8 heteroatoms. The van der Waals surface area contributed by atoms with E-state index in [2.05, 4.69) is 4.98 Å². The van der Waals surface area contributed by atoms with Crippen LogP contribution in [0, 0.1) is 20.8 Å². The van der Waals surface area contributed by atoms with E-state index >= 15 is 0 Å². The van der Waals surface area contributed by atoms with Gasteiger partial charge in [0.25, 0.3) is 5.78 Å². The van der Waals surface area contributed by atoms with Crippen molar-refractivity contribution in [3.05, 3.63) is 85.3 Å². The van der Waals surface area contributed by atoms with E-state index in [1.165, 1.54) is 16.2 Å². The molecule has 158 valence electrons. The average molecular weight is 473 g/mol. The van der Waals surface area contributed by atoms with E-state index in [0.29, 0.717) is 21.3 Å². The zero-order chi connectivity index (χ0) is 22.4. The van der Waals surface area contributed by atoms with E-state index in [0.717, 1.165) is 16.1 Å². The van der Waals surface area contributed by atoms with Crippen molar-refractivity contribution in [2.24, 2.45) is 0 Å². The van der Waals surface area contributed by atoms with Crippen molar-refractivity contribution >= 4 is 57.1 Å². The van der Waals surface area contributed by atoms with Gasteiger partial charge in [0.1, 0.15) is 5.76 Å². The number of thiazole rings is 1. The number of carbonyl (C=O) groups excluding carboxylic acids is 2. The van der Waals surface area contributed by atoms with Gasteiger partial charge in [0.15, 0.2) is 5.13 Å². The molecule has 1 atom stereocenters. The van der Waals surface area contributed by atoms with E-state index in [-0.39, 0.29) is 16.4 Å². The number of amides is 1. The number of aryl methyl sites for hydroxylation is 3. The molecule has 5 nitrogen and oxygen atoms in total. The SMILES string of the molecule is Cc1ccc(C(O)=C2C(=O)C(=O)N(c3nc(C)c(C)s3)[C@H]2c2ccc(Cl)c(Cl)c2)cc1. The summed E-state index contributed by atoms with van der Waals surface area (Å²) in [6, 6.07) is 11.1. The van der Waals surface area contributed by atoms with Gasteiger partial charge < -0.3 is 5.11 Å². The normalized spacial score (nSPS) is 18.1. The molecule has 1 aliphatic heterocycles. The number of rotatable bonds is 3. The first-order valence-electron chi connectivity index (χ1n) is 9.46. The number of aromatic nitrogens is 1. The van der Waals surface area contributed by atoms with Gasteiger partial charge >= 0.3 is 5.91 Å². The highest BCUT2D eigenvalue weighted by atomic mass is 35.5. The van der Waals surface area contributed by atoms with Crippen molar-refractivity contribution in [1.29, 1.82) is 0 Å². The fourth-order valence-electron chi connectivity index (χ4n) is 3.45. The minimum Gasteiger partial charge on any atom is -0.507 e. The molecule has 2 heterocycles. The van der Waals surface area contributed by atoms with Gasteiger partial charge in [-0.05, 0) is 38.5 Å². The van der Waals surface area contributed by atoms with Crippen molar-refractivity contribution in [2.45, 2.75) is 26.8 Å². The third-order valence-corrected chi connectivity index (χ3v) is 7.06. The van der Waals surface area contributed by atoms with Crippen LogP contribution in [0.4, 0.5) is 5.13 Å². The Labute approximate surface area is 193 Å². The molecule has 2 aromatic carbocycles. The molecule has 0 saturated carbocycles. The molecular formula is C23H18Cl2N2O3S. The Balaban J connectivity index is 1.97. The summed E-state index contributed by atoms with van der Waals surface area (Å²) in [4.78, 5) is 32.9. The molecule has 3 aromatic rings. The monoisotopic (exact) mass is 472 g/mol. The summed E-state index contributed by atoms with van der Waals surface area (Å²) in [6.07, 6.45) is 0. The van der Waals surface area contributed by atoms with Crippen LogP contribution in [0.3, 0.4) is 0 Å². The number of hydrogen-bond donors (Lipinski definition) is 1. The number of aliphatic hydroxyl groups is 1. The Hall–Kier alpha value is -2.67. The number of hydrogen-bond acceptors (Lipinski definition) is 5. The van der Waals surface area contributed by atoms with Gasteiger partial charge in [-0.3, -0.25) is 14.5 Å². The van der Waals surface area contributed by atoms with Gasteiger partial charge in [-0.1, -0.05) is 59.1 Å². The lowest BCUT2D eigenvalue weighted by Crippen LogP contribution is -2.29. The third kappa shape index (κ3) is 3.76. The highest BCUT2D eigenvalue weighted by Crippen LogP contribution is 2.44. The van der Waals surface area contributed by atoms with E-state index in [1.54, 1.807) is 30.3 Å². The van der Waals surface area contributed by atoms with Crippen molar-refractivity contribution in [3.63, 3.8) is 0 Å². The number of carbonyl (C=O) groups is 2. The number of nitrogens with zero attached hydrogens (tertiary/aromatic N) is 2. The zero-order valence-corrected chi connectivity index (χ0v) is 19.3. The van der Waals surface area contributed by atoms with Gasteiger partial charge in [-0.2, -0.15) is 0 Å². The molecule has 1 aliphatic rings. The number of anilines is 1. The van der Waals surface area contributed by atoms with Crippen LogP contribution in [-0.4, -0.2) is 21.8 Å². The highest BCUT2D eigenvalue weighted by molar-refractivity contribution is 7.16. The van der Waals surface area contributed by atoms with E-state index in [9.17, 15) is 14.7 Å². The molecular weight excluding hydrogens is 455 g/mol. The largest absolute Gasteiger partial charge is 0.507 e. The first kappa shape index (κ1) is 21.6. The van der Waals surface area contributed by atoms with Crippen molar-refractivity contribution < 1.29 is 14.7 Å². The van der Waals surface area contributed by atoms with Crippen LogP contribution in [0.15, 0.2) is 48.0 Å². The molecule has 31 heavy (non-hydrogen) atoms. The van der Waals surface area contributed by atoms with Crippen molar-refractivity contribution in [2.75, 3.05) is 4.90 Å². The number of benzene rings is 2. The Morgan fingerprint density at radius 3 is 2.29 bits per heavy atom.